The lowest BCUT2D eigenvalue weighted by atomic mass is 9.91. The van der Waals surface area contributed by atoms with E-state index in [4.69, 9.17) is 5.11 Å². The van der Waals surface area contributed by atoms with Crippen LogP contribution in [-0.2, 0) is 25.5 Å². The molecule has 0 saturated heterocycles. The minimum atomic E-state index is -1.59. The fourth-order valence-electron chi connectivity index (χ4n) is 1.93. The highest BCUT2D eigenvalue weighted by Crippen LogP contribution is 2.42. The normalized spacial score (nSPS) is 12.5. The Morgan fingerprint density at radius 1 is 1.21 bits per heavy atom. The third kappa shape index (κ3) is 4.48. The Balaban J connectivity index is 3.43. The van der Waals surface area contributed by atoms with Crippen LogP contribution in [0.1, 0.15) is 5.56 Å². The van der Waals surface area contributed by atoms with Crippen LogP contribution in [0.15, 0.2) is 26.7 Å². The first-order valence-corrected chi connectivity index (χ1v) is 7.83. The van der Waals surface area contributed by atoms with Crippen LogP contribution in [0.25, 0.3) is 0 Å². The number of halogens is 2. The summed E-state index contributed by atoms with van der Waals surface area (Å²) in [6.45, 7) is 0. The quantitative estimate of drug-likeness (QED) is 0.283. The molecule has 10 heteroatoms. The average molecular weight is 468 g/mol. The maximum absolute atomic E-state index is 11.9. The highest BCUT2D eigenvalue weighted by Gasteiger charge is 2.31. The van der Waals surface area contributed by atoms with Gasteiger partial charge in [-0.15, -0.1) is 0 Å². The number of aliphatic carboxylic acids is 2. The van der Waals surface area contributed by atoms with E-state index in [1.54, 1.807) is 0 Å². The van der Waals surface area contributed by atoms with Gasteiger partial charge in [-0.05, 0) is 49.9 Å². The van der Waals surface area contributed by atoms with Crippen LogP contribution in [0.4, 0.5) is 0 Å². The Labute approximate surface area is 152 Å². The molecule has 0 amide bonds. The second-order valence-corrected chi connectivity index (χ2v) is 6.20. The number of benzene rings is 1. The number of carbonyl (C=O) groups excluding carboxylic acids is 1. The highest BCUT2D eigenvalue weighted by molar-refractivity contribution is 9.11. The summed E-state index contributed by atoms with van der Waals surface area (Å²) in [6, 6.07) is 1.36. The van der Waals surface area contributed by atoms with Crippen LogP contribution in [0.5, 0.6) is 11.5 Å². The minimum Gasteiger partial charge on any atom is -0.503 e. The van der Waals surface area contributed by atoms with E-state index in [1.165, 1.54) is 6.07 Å². The lowest BCUT2D eigenvalue weighted by Gasteiger charge is -2.17. The molecule has 0 aliphatic rings. The van der Waals surface area contributed by atoms with Gasteiger partial charge in [-0.25, -0.2) is 9.59 Å². The fourth-order valence-corrected chi connectivity index (χ4v) is 2.86. The van der Waals surface area contributed by atoms with Gasteiger partial charge < -0.3 is 25.2 Å². The van der Waals surface area contributed by atoms with Crippen molar-refractivity contribution in [2.75, 3.05) is 7.11 Å². The topological polar surface area (TPSA) is 141 Å². The number of methoxy groups -OCH3 is 1. The summed E-state index contributed by atoms with van der Waals surface area (Å²) in [7, 11) is 1.04. The summed E-state index contributed by atoms with van der Waals surface area (Å²) in [4.78, 5) is 34.1. The van der Waals surface area contributed by atoms with Gasteiger partial charge in [-0.1, -0.05) is 0 Å². The summed E-state index contributed by atoms with van der Waals surface area (Å²) < 4.78 is 4.70. The van der Waals surface area contributed by atoms with Gasteiger partial charge in [0, 0.05) is 6.08 Å². The maximum atomic E-state index is 11.9. The predicted octanol–water partition coefficient (Wildman–Crippen LogP) is 2.05. The van der Waals surface area contributed by atoms with E-state index in [0.29, 0.717) is 6.08 Å². The van der Waals surface area contributed by atoms with E-state index in [2.05, 4.69) is 36.6 Å². The Bertz CT molecular complexity index is 726. The van der Waals surface area contributed by atoms with Crippen molar-refractivity contribution >= 4 is 49.8 Å². The third-order valence-corrected chi connectivity index (χ3v) is 4.54. The predicted molar refractivity (Wildman–Crippen MR) is 87.7 cm³/mol. The minimum absolute atomic E-state index is 0.0390. The second-order valence-electron chi connectivity index (χ2n) is 4.55. The molecule has 1 rings (SSSR count). The molecule has 130 valence electrons. The fraction of sp³-hybridized carbons (Fsp3) is 0.214. The zero-order chi connectivity index (χ0) is 18.6. The highest BCUT2D eigenvalue weighted by atomic mass is 79.9. The number of hydrogen-bond donors (Lipinski definition) is 4. The SMILES string of the molecule is COC(=O)C(Cc1cc(Br)c(O)c(O)c1Br)C(=CC(=O)O)C(=O)O. The molecule has 0 heterocycles. The zero-order valence-electron chi connectivity index (χ0n) is 12.1. The average Bonchev–Trinajstić information content (AvgIpc) is 2.52. The summed E-state index contributed by atoms with van der Waals surface area (Å²) in [5.74, 6) is -6.47. The van der Waals surface area contributed by atoms with Crippen molar-refractivity contribution in [3.8, 4) is 11.5 Å². The van der Waals surface area contributed by atoms with Gasteiger partial charge in [0.1, 0.15) is 0 Å². The van der Waals surface area contributed by atoms with Crippen molar-refractivity contribution in [2.45, 2.75) is 6.42 Å². The Morgan fingerprint density at radius 2 is 1.79 bits per heavy atom. The molecule has 1 atom stereocenters. The summed E-state index contributed by atoms with van der Waals surface area (Å²) in [6.07, 6.45) is 0.123. The van der Waals surface area contributed by atoms with Gasteiger partial charge in [0.05, 0.1) is 27.5 Å². The number of carbonyl (C=O) groups is 3. The van der Waals surface area contributed by atoms with Crippen LogP contribution in [-0.4, -0.2) is 45.4 Å². The van der Waals surface area contributed by atoms with Gasteiger partial charge in [0.15, 0.2) is 11.5 Å². The van der Waals surface area contributed by atoms with E-state index in [0.717, 1.165) is 7.11 Å². The number of carboxylic acid groups (broad SMARTS) is 2. The van der Waals surface area contributed by atoms with Gasteiger partial charge >= 0.3 is 17.9 Å². The van der Waals surface area contributed by atoms with E-state index in [1.807, 2.05) is 0 Å². The van der Waals surface area contributed by atoms with Crippen molar-refractivity contribution in [2.24, 2.45) is 5.92 Å². The van der Waals surface area contributed by atoms with Crippen molar-refractivity contribution in [1.29, 1.82) is 0 Å². The van der Waals surface area contributed by atoms with E-state index in [-0.39, 0.29) is 20.9 Å². The van der Waals surface area contributed by atoms with Crippen LogP contribution < -0.4 is 0 Å². The van der Waals surface area contributed by atoms with E-state index in [9.17, 15) is 29.7 Å². The van der Waals surface area contributed by atoms with Gasteiger partial charge in [-0.3, -0.25) is 4.79 Å². The molecule has 1 aromatic rings. The molecule has 8 nitrogen and oxygen atoms in total. The van der Waals surface area contributed by atoms with Gasteiger partial charge in [0.25, 0.3) is 0 Å². The van der Waals surface area contributed by atoms with Crippen LogP contribution in [0.3, 0.4) is 0 Å². The molecular formula is C14H12Br2O8. The number of aromatic hydroxyl groups is 2. The lowest BCUT2D eigenvalue weighted by Crippen LogP contribution is -2.26. The number of hydrogen-bond acceptors (Lipinski definition) is 6. The molecule has 0 aromatic heterocycles. The zero-order valence-corrected chi connectivity index (χ0v) is 15.3. The van der Waals surface area contributed by atoms with Crippen molar-refractivity contribution < 1.29 is 39.5 Å². The number of carboxylic acids is 2. The summed E-state index contributed by atoms with van der Waals surface area (Å²) in [5.41, 5.74) is -0.421. The smallest absolute Gasteiger partial charge is 0.332 e. The molecule has 0 aliphatic carbocycles. The first-order valence-electron chi connectivity index (χ1n) is 6.24. The largest absolute Gasteiger partial charge is 0.503 e. The molecule has 0 fully saturated rings. The molecular weight excluding hydrogens is 456 g/mol. The molecule has 0 spiro atoms. The number of phenolic OH excluding ortho intramolecular Hbond substituents is 2. The summed E-state index contributed by atoms with van der Waals surface area (Å²) >= 11 is 6.04. The standard InChI is InChI=1S/C14H12Br2O8/c1-24-14(23)7(6(13(21)22)4-9(17)18)2-5-3-8(15)11(19)12(20)10(5)16/h3-4,7,19-20H,2H2,1H3,(H,17,18)(H,21,22). The number of esters is 1. The van der Waals surface area contributed by atoms with Crippen molar-refractivity contribution in [3.63, 3.8) is 0 Å². The summed E-state index contributed by atoms with van der Waals surface area (Å²) in [5, 5.41) is 37.4. The number of ether oxygens (including phenoxy) is 1. The number of phenols is 2. The second kappa shape index (κ2) is 8.15. The Kier molecular flexibility index (Phi) is 6.79. The molecule has 0 aliphatic heterocycles. The van der Waals surface area contributed by atoms with Crippen molar-refractivity contribution in [1.82, 2.24) is 0 Å². The first-order chi connectivity index (χ1) is 11.1. The van der Waals surface area contributed by atoms with Crippen LogP contribution in [0.2, 0.25) is 0 Å². The monoisotopic (exact) mass is 466 g/mol. The van der Waals surface area contributed by atoms with Crippen LogP contribution >= 0.6 is 31.9 Å². The molecule has 4 N–H and O–H groups in total. The van der Waals surface area contributed by atoms with Gasteiger partial charge in [-0.2, -0.15) is 0 Å². The van der Waals surface area contributed by atoms with E-state index >= 15 is 0 Å². The first kappa shape index (κ1) is 20.0. The van der Waals surface area contributed by atoms with Gasteiger partial charge in [0.2, 0.25) is 0 Å². The Hall–Kier alpha value is -2.07. The molecule has 1 unspecified atom stereocenters. The lowest BCUT2D eigenvalue weighted by molar-refractivity contribution is -0.146. The third-order valence-electron chi connectivity index (χ3n) is 3.05. The van der Waals surface area contributed by atoms with Crippen molar-refractivity contribution in [3.05, 3.63) is 32.2 Å². The molecule has 0 bridgehead atoms. The molecule has 0 radical (unpaired) electrons. The number of rotatable bonds is 6. The molecule has 24 heavy (non-hydrogen) atoms. The Morgan fingerprint density at radius 3 is 2.25 bits per heavy atom. The van der Waals surface area contributed by atoms with E-state index < -0.39 is 40.9 Å². The van der Waals surface area contributed by atoms with Crippen LogP contribution in [0, 0.1) is 5.92 Å². The maximum Gasteiger partial charge on any atom is 0.332 e. The molecule has 1 aromatic carbocycles. The molecule has 0 saturated carbocycles.